The van der Waals surface area contributed by atoms with E-state index in [4.69, 9.17) is 4.74 Å². The molecule has 1 aliphatic rings. The van der Waals surface area contributed by atoms with Crippen molar-refractivity contribution in [3.8, 4) is 0 Å². The Morgan fingerprint density at radius 2 is 2.10 bits per heavy atom. The first-order valence-corrected chi connectivity index (χ1v) is 9.05. The van der Waals surface area contributed by atoms with E-state index in [9.17, 15) is 8.42 Å². The lowest BCUT2D eigenvalue weighted by Gasteiger charge is -2.33. The number of anilines is 1. The lowest BCUT2D eigenvalue weighted by molar-refractivity contribution is 0.0265. The Bertz CT molecular complexity index is 601. The van der Waals surface area contributed by atoms with Crippen LogP contribution in [0.15, 0.2) is 21.6 Å². The summed E-state index contributed by atoms with van der Waals surface area (Å²) >= 11 is 3.26. The van der Waals surface area contributed by atoms with Crippen LogP contribution in [0.1, 0.15) is 19.8 Å². The van der Waals surface area contributed by atoms with Gasteiger partial charge in [-0.05, 0) is 40.3 Å². The molecule has 0 unspecified atom stereocenters. The molecule has 8 heteroatoms. The fourth-order valence-corrected chi connectivity index (χ4v) is 4.07. The molecule has 0 atom stereocenters. The van der Waals surface area contributed by atoms with Crippen molar-refractivity contribution >= 4 is 31.8 Å². The van der Waals surface area contributed by atoms with E-state index in [1.807, 2.05) is 0 Å². The van der Waals surface area contributed by atoms with E-state index in [0.717, 1.165) is 12.8 Å². The summed E-state index contributed by atoms with van der Waals surface area (Å²) in [5.41, 5.74) is -0.0649. The van der Waals surface area contributed by atoms with Crippen LogP contribution < -0.4 is 10.0 Å². The SMILES string of the molecule is CNc1ncc(Br)cc1S(=O)(=O)NCC1(C)CCOCC1. The van der Waals surface area contributed by atoms with Gasteiger partial charge in [-0.15, -0.1) is 0 Å². The van der Waals surface area contributed by atoms with Gasteiger partial charge in [0.15, 0.2) is 0 Å². The summed E-state index contributed by atoms with van der Waals surface area (Å²) in [5, 5.41) is 2.81. The van der Waals surface area contributed by atoms with Crippen LogP contribution >= 0.6 is 15.9 Å². The van der Waals surface area contributed by atoms with Crippen LogP contribution in [-0.4, -0.2) is 40.2 Å². The third-order valence-electron chi connectivity index (χ3n) is 3.73. The number of rotatable bonds is 5. The van der Waals surface area contributed by atoms with Gasteiger partial charge in [-0.3, -0.25) is 0 Å². The van der Waals surface area contributed by atoms with E-state index in [1.54, 1.807) is 19.3 Å². The Labute approximate surface area is 133 Å². The first-order chi connectivity index (χ1) is 9.86. The maximum atomic E-state index is 12.5. The summed E-state index contributed by atoms with van der Waals surface area (Å²) in [5.74, 6) is 0.336. The first-order valence-electron chi connectivity index (χ1n) is 6.77. The topological polar surface area (TPSA) is 80.3 Å². The van der Waals surface area contributed by atoms with Crippen molar-refractivity contribution in [1.29, 1.82) is 0 Å². The minimum Gasteiger partial charge on any atom is -0.381 e. The molecule has 0 aromatic carbocycles. The van der Waals surface area contributed by atoms with Crippen LogP contribution in [0, 0.1) is 5.41 Å². The molecule has 2 rings (SSSR count). The molecular formula is C13H20BrN3O3S. The number of ether oxygens (including phenoxy) is 1. The van der Waals surface area contributed by atoms with Gasteiger partial charge < -0.3 is 10.1 Å². The fraction of sp³-hybridized carbons (Fsp3) is 0.615. The van der Waals surface area contributed by atoms with Gasteiger partial charge in [-0.2, -0.15) is 0 Å². The van der Waals surface area contributed by atoms with E-state index in [2.05, 4.69) is 37.9 Å². The summed E-state index contributed by atoms with van der Waals surface area (Å²) in [6.07, 6.45) is 3.26. The molecule has 0 saturated carbocycles. The van der Waals surface area contributed by atoms with E-state index in [0.29, 0.717) is 30.0 Å². The molecule has 1 fully saturated rings. The molecule has 1 aromatic heterocycles. The van der Waals surface area contributed by atoms with Crippen LogP contribution in [0.3, 0.4) is 0 Å². The maximum absolute atomic E-state index is 12.5. The number of pyridine rings is 1. The molecule has 0 bridgehead atoms. The molecule has 0 radical (unpaired) electrons. The second-order valence-electron chi connectivity index (χ2n) is 5.50. The highest BCUT2D eigenvalue weighted by Crippen LogP contribution is 2.30. The Balaban J connectivity index is 2.17. The van der Waals surface area contributed by atoms with Crippen molar-refractivity contribution < 1.29 is 13.2 Å². The second kappa shape index (κ2) is 6.60. The number of halogens is 1. The van der Waals surface area contributed by atoms with E-state index < -0.39 is 10.0 Å². The van der Waals surface area contributed by atoms with Crippen molar-refractivity contribution in [2.24, 2.45) is 5.41 Å². The molecule has 21 heavy (non-hydrogen) atoms. The predicted octanol–water partition coefficient (Wildman–Crippen LogP) is 1.98. The highest BCUT2D eigenvalue weighted by Gasteiger charge is 2.30. The van der Waals surface area contributed by atoms with Crippen molar-refractivity contribution in [2.75, 3.05) is 32.1 Å². The molecule has 1 aromatic rings. The Morgan fingerprint density at radius 1 is 1.43 bits per heavy atom. The van der Waals surface area contributed by atoms with Gasteiger partial charge in [0, 0.05) is 37.5 Å². The minimum absolute atomic E-state index is 0.0649. The van der Waals surface area contributed by atoms with Crippen LogP contribution in [0.5, 0.6) is 0 Å². The molecule has 2 N–H and O–H groups in total. The zero-order chi connectivity index (χ0) is 15.5. The summed E-state index contributed by atoms with van der Waals surface area (Å²) in [6.45, 7) is 3.83. The van der Waals surface area contributed by atoms with E-state index in [-0.39, 0.29) is 10.3 Å². The average molecular weight is 378 g/mol. The molecule has 1 aliphatic heterocycles. The summed E-state index contributed by atoms with van der Waals surface area (Å²) in [6, 6.07) is 1.55. The van der Waals surface area contributed by atoms with Crippen LogP contribution in [-0.2, 0) is 14.8 Å². The fourth-order valence-electron chi connectivity index (χ4n) is 2.20. The molecule has 0 aliphatic carbocycles. The number of aromatic nitrogens is 1. The number of nitrogens with one attached hydrogen (secondary N) is 2. The average Bonchev–Trinajstić information content (AvgIpc) is 2.46. The van der Waals surface area contributed by atoms with Gasteiger partial charge in [-0.1, -0.05) is 6.92 Å². The molecule has 6 nitrogen and oxygen atoms in total. The lowest BCUT2D eigenvalue weighted by atomic mass is 9.83. The van der Waals surface area contributed by atoms with Crippen molar-refractivity contribution in [1.82, 2.24) is 9.71 Å². The molecule has 0 amide bonds. The van der Waals surface area contributed by atoms with Crippen molar-refractivity contribution in [3.05, 3.63) is 16.7 Å². The zero-order valence-corrected chi connectivity index (χ0v) is 14.6. The summed E-state index contributed by atoms with van der Waals surface area (Å²) in [7, 11) is -1.96. The summed E-state index contributed by atoms with van der Waals surface area (Å²) < 4.78 is 33.7. The van der Waals surface area contributed by atoms with Crippen LogP contribution in [0.4, 0.5) is 5.82 Å². The van der Waals surface area contributed by atoms with Gasteiger partial charge in [0.25, 0.3) is 0 Å². The quantitative estimate of drug-likeness (QED) is 0.819. The monoisotopic (exact) mass is 377 g/mol. The van der Waals surface area contributed by atoms with Gasteiger partial charge in [0.05, 0.1) is 0 Å². The van der Waals surface area contributed by atoms with Gasteiger partial charge in [-0.25, -0.2) is 18.1 Å². The molecule has 1 saturated heterocycles. The van der Waals surface area contributed by atoms with E-state index >= 15 is 0 Å². The van der Waals surface area contributed by atoms with Crippen molar-refractivity contribution in [3.63, 3.8) is 0 Å². The Hall–Kier alpha value is -0.700. The third-order valence-corrected chi connectivity index (χ3v) is 5.58. The van der Waals surface area contributed by atoms with Crippen LogP contribution in [0.2, 0.25) is 0 Å². The second-order valence-corrected chi connectivity index (χ2v) is 8.15. The Morgan fingerprint density at radius 3 is 2.71 bits per heavy atom. The zero-order valence-electron chi connectivity index (χ0n) is 12.1. The maximum Gasteiger partial charge on any atom is 0.244 e. The Kier molecular flexibility index (Phi) is 5.24. The largest absolute Gasteiger partial charge is 0.381 e. The van der Waals surface area contributed by atoms with Crippen molar-refractivity contribution in [2.45, 2.75) is 24.7 Å². The molecule has 118 valence electrons. The summed E-state index contributed by atoms with van der Waals surface area (Å²) in [4.78, 5) is 4.23. The molecular weight excluding hydrogens is 358 g/mol. The number of sulfonamides is 1. The van der Waals surface area contributed by atoms with Crippen LogP contribution in [0.25, 0.3) is 0 Å². The highest BCUT2D eigenvalue weighted by molar-refractivity contribution is 9.10. The predicted molar refractivity (Wildman–Crippen MR) is 84.8 cm³/mol. The van der Waals surface area contributed by atoms with Gasteiger partial charge in [0.2, 0.25) is 10.0 Å². The third kappa shape index (κ3) is 4.15. The normalized spacial score (nSPS) is 18.4. The first kappa shape index (κ1) is 16.7. The number of nitrogens with zero attached hydrogens (tertiary/aromatic N) is 1. The number of hydrogen-bond donors (Lipinski definition) is 2. The molecule has 0 spiro atoms. The standard InChI is InChI=1S/C13H20BrN3O3S/c1-13(3-5-20-6-4-13)9-17-21(18,19)11-7-10(14)8-16-12(11)15-2/h7-8,17H,3-6,9H2,1-2H3,(H,15,16). The van der Waals surface area contributed by atoms with Gasteiger partial charge in [0.1, 0.15) is 10.7 Å². The minimum atomic E-state index is -3.61. The smallest absolute Gasteiger partial charge is 0.244 e. The lowest BCUT2D eigenvalue weighted by Crippen LogP contribution is -2.39. The molecule has 2 heterocycles. The highest BCUT2D eigenvalue weighted by atomic mass is 79.9. The van der Waals surface area contributed by atoms with Gasteiger partial charge >= 0.3 is 0 Å². The number of hydrogen-bond acceptors (Lipinski definition) is 5. The van der Waals surface area contributed by atoms with E-state index in [1.165, 1.54) is 0 Å².